The summed E-state index contributed by atoms with van der Waals surface area (Å²) in [5.41, 5.74) is 0.831. The second-order valence-corrected chi connectivity index (χ2v) is 5.53. The van der Waals surface area contributed by atoms with Crippen molar-refractivity contribution in [1.82, 2.24) is 4.90 Å². The molecule has 1 N–H and O–H groups in total. The predicted molar refractivity (Wildman–Crippen MR) is 78.4 cm³/mol. The molecule has 1 unspecified atom stereocenters. The van der Waals surface area contributed by atoms with E-state index in [4.69, 9.17) is 14.3 Å². The minimum atomic E-state index is -0.700. The number of piperidine rings is 1. The average molecular weight is 289 g/mol. The molecule has 112 valence electrons. The third-order valence-electron chi connectivity index (χ3n) is 4.01. The van der Waals surface area contributed by atoms with E-state index in [0.29, 0.717) is 13.1 Å². The normalized spacial score (nSPS) is 19.8. The van der Waals surface area contributed by atoms with Crippen LogP contribution in [0.2, 0.25) is 0 Å². The molecular formula is C16H19NO4. The van der Waals surface area contributed by atoms with Crippen LogP contribution in [0.4, 0.5) is 0 Å². The lowest BCUT2D eigenvalue weighted by Crippen LogP contribution is -2.38. The van der Waals surface area contributed by atoms with E-state index in [1.165, 1.54) is 0 Å². The van der Waals surface area contributed by atoms with Gasteiger partial charge in [-0.2, -0.15) is 0 Å². The highest BCUT2D eigenvalue weighted by Gasteiger charge is 2.25. The monoisotopic (exact) mass is 289 g/mol. The summed E-state index contributed by atoms with van der Waals surface area (Å²) in [5.74, 6) is 0.709. The summed E-state index contributed by atoms with van der Waals surface area (Å²) < 4.78 is 11.0. The molecule has 0 aliphatic carbocycles. The maximum Gasteiger partial charge on any atom is 0.307 e. The van der Waals surface area contributed by atoms with E-state index in [1.54, 1.807) is 7.11 Å². The fourth-order valence-corrected chi connectivity index (χ4v) is 2.90. The average Bonchev–Trinajstić information content (AvgIpc) is 2.88. The molecule has 2 aromatic rings. The molecule has 1 aromatic carbocycles. The van der Waals surface area contributed by atoms with Crippen LogP contribution in [0.1, 0.15) is 18.6 Å². The molecule has 0 saturated carbocycles. The van der Waals surface area contributed by atoms with E-state index < -0.39 is 5.97 Å². The Bertz CT molecular complexity index is 649. The summed E-state index contributed by atoms with van der Waals surface area (Å²) in [6, 6.07) is 7.71. The summed E-state index contributed by atoms with van der Waals surface area (Å²) in [6.45, 7) is 2.17. The SMILES string of the molecule is COc1ccc2oc(CN3CCCC(C(=O)O)C3)cc2c1. The van der Waals surface area contributed by atoms with Gasteiger partial charge in [-0.1, -0.05) is 0 Å². The molecule has 5 nitrogen and oxygen atoms in total. The number of hydrogen-bond acceptors (Lipinski definition) is 4. The Morgan fingerprint density at radius 2 is 2.33 bits per heavy atom. The molecule has 1 saturated heterocycles. The van der Waals surface area contributed by atoms with Crippen molar-refractivity contribution in [2.45, 2.75) is 19.4 Å². The summed E-state index contributed by atoms with van der Waals surface area (Å²) in [5, 5.41) is 10.1. The Hall–Kier alpha value is -2.01. The van der Waals surface area contributed by atoms with Gasteiger partial charge in [0, 0.05) is 11.9 Å². The van der Waals surface area contributed by atoms with Crippen molar-refractivity contribution in [3.8, 4) is 5.75 Å². The van der Waals surface area contributed by atoms with E-state index in [2.05, 4.69) is 4.90 Å². The first kappa shape index (κ1) is 13.9. The predicted octanol–water partition coefficient (Wildman–Crippen LogP) is 2.74. The molecule has 0 spiro atoms. The maximum atomic E-state index is 11.1. The van der Waals surface area contributed by atoms with Crippen LogP contribution in [-0.2, 0) is 11.3 Å². The van der Waals surface area contributed by atoms with Crippen molar-refractivity contribution in [2.75, 3.05) is 20.2 Å². The Morgan fingerprint density at radius 1 is 1.48 bits per heavy atom. The minimum absolute atomic E-state index is 0.261. The van der Waals surface area contributed by atoms with Crippen LogP contribution in [0, 0.1) is 5.92 Å². The first-order valence-corrected chi connectivity index (χ1v) is 7.17. The molecule has 1 aliphatic rings. The number of rotatable bonds is 4. The van der Waals surface area contributed by atoms with Crippen LogP contribution >= 0.6 is 0 Å². The molecule has 1 aliphatic heterocycles. The number of furan rings is 1. The summed E-state index contributed by atoms with van der Waals surface area (Å²) in [7, 11) is 1.64. The number of aliphatic carboxylic acids is 1. The first-order chi connectivity index (χ1) is 10.2. The highest BCUT2D eigenvalue weighted by atomic mass is 16.5. The molecule has 2 heterocycles. The van der Waals surface area contributed by atoms with E-state index in [-0.39, 0.29) is 5.92 Å². The van der Waals surface area contributed by atoms with Gasteiger partial charge in [0.05, 0.1) is 19.6 Å². The molecule has 0 amide bonds. The summed E-state index contributed by atoms with van der Waals surface area (Å²) >= 11 is 0. The standard InChI is InChI=1S/C16H19NO4/c1-20-13-4-5-15-12(7-13)8-14(21-15)10-17-6-2-3-11(9-17)16(18)19/h4-5,7-8,11H,2-3,6,9-10H2,1H3,(H,18,19). The topological polar surface area (TPSA) is 62.9 Å². The molecule has 0 bridgehead atoms. The Morgan fingerprint density at radius 3 is 3.10 bits per heavy atom. The highest BCUT2D eigenvalue weighted by Crippen LogP contribution is 2.26. The molecule has 5 heteroatoms. The molecular weight excluding hydrogens is 270 g/mol. The van der Waals surface area contributed by atoms with Crippen molar-refractivity contribution in [3.05, 3.63) is 30.0 Å². The zero-order chi connectivity index (χ0) is 14.8. The van der Waals surface area contributed by atoms with Crippen LogP contribution in [0.5, 0.6) is 5.75 Å². The third-order valence-corrected chi connectivity index (χ3v) is 4.01. The highest BCUT2D eigenvalue weighted by molar-refractivity contribution is 5.79. The van der Waals surface area contributed by atoms with Crippen molar-refractivity contribution in [2.24, 2.45) is 5.92 Å². The van der Waals surface area contributed by atoms with Gasteiger partial charge in [-0.15, -0.1) is 0 Å². The fourth-order valence-electron chi connectivity index (χ4n) is 2.90. The van der Waals surface area contributed by atoms with E-state index in [9.17, 15) is 4.79 Å². The minimum Gasteiger partial charge on any atom is -0.497 e. The number of ether oxygens (including phenoxy) is 1. The largest absolute Gasteiger partial charge is 0.497 e. The number of carboxylic acid groups (broad SMARTS) is 1. The quantitative estimate of drug-likeness (QED) is 0.937. The number of carbonyl (C=O) groups is 1. The van der Waals surface area contributed by atoms with Gasteiger partial charge < -0.3 is 14.3 Å². The van der Waals surface area contributed by atoms with Crippen LogP contribution in [0.15, 0.2) is 28.7 Å². The molecule has 1 aromatic heterocycles. The number of carboxylic acids is 1. The third kappa shape index (κ3) is 3.03. The molecule has 0 radical (unpaired) electrons. The van der Waals surface area contributed by atoms with Crippen LogP contribution in [-0.4, -0.2) is 36.2 Å². The van der Waals surface area contributed by atoms with Crippen molar-refractivity contribution < 1.29 is 19.1 Å². The van der Waals surface area contributed by atoms with E-state index in [1.807, 2.05) is 24.3 Å². The molecule has 1 atom stereocenters. The Balaban J connectivity index is 1.73. The molecule has 3 rings (SSSR count). The van der Waals surface area contributed by atoms with Crippen LogP contribution < -0.4 is 4.74 Å². The van der Waals surface area contributed by atoms with Gasteiger partial charge in [0.2, 0.25) is 0 Å². The summed E-state index contributed by atoms with van der Waals surface area (Å²) in [6.07, 6.45) is 1.69. The van der Waals surface area contributed by atoms with Crippen molar-refractivity contribution in [3.63, 3.8) is 0 Å². The van der Waals surface area contributed by atoms with Crippen molar-refractivity contribution >= 4 is 16.9 Å². The van der Waals surface area contributed by atoms with Gasteiger partial charge in [0.25, 0.3) is 0 Å². The lowest BCUT2D eigenvalue weighted by Gasteiger charge is -2.29. The number of nitrogens with zero attached hydrogens (tertiary/aromatic N) is 1. The lowest BCUT2D eigenvalue weighted by molar-refractivity contribution is -0.143. The zero-order valence-electron chi connectivity index (χ0n) is 12.0. The number of likely N-dealkylation sites (tertiary alicyclic amines) is 1. The second kappa shape index (κ2) is 5.77. The number of fused-ring (bicyclic) bond motifs is 1. The van der Waals surface area contributed by atoms with Gasteiger partial charge in [-0.05, 0) is 43.7 Å². The van der Waals surface area contributed by atoms with Gasteiger partial charge in [-0.25, -0.2) is 0 Å². The lowest BCUT2D eigenvalue weighted by atomic mass is 9.98. The van der Waals surface area contributed by atoms with Gasteiger partial charge in [0.1, 0.15) is 17.1 Å². The Kier molecular flexibility index (Phi) is 3.84. The number of benzene rings is 1. The van der Waals surface area contributed by atoms with Crippen molar-refractivity contribution in [1.29, 1.82) is 0 Å². The van der Waals surface area contributed by atoms with Crippen LogP contribution in [0.25, 0.3) is 11.0 Å². The Labute approximate surface area is 123 Å². The van der Waals surface area contributed by atoms with E-state index >= 15 is 0 Å². The van der Waals surface area contributed by atoms with Gasteiger partial charge in [-0.3, -0.25) is 9.69 Å². The number of methoxy groups -OCH3 is 1. The first-order valence-electron chi connectivity index (χ1n) is 7.17. The molecule has 1 fully saturated rings. The summed E-state index contributed by atoms with van der Waals surface area (Å²) in [4.78, 5) is 13.2. The van der Waals surface area contributed by atoms with Gasteiger partial charge >= 0.3 is 5.97 Å². The van der Waals surface area contributed by atoms with Crippen LogP contribution in [0.3, 0.4) is 0 Å². The fraction of sp³-hybridized carbons (Fsp3) is 0.438. The second-order valence-electron chi connectivity index (χ2n) is 5.53. The number of hydrogen-bond donors (Lipinski definition) is 1. The smallest absolute Gasteiger partial charge is 0.307 e. The maximum absolute atomic E-state index is 11.1. The molecule has 21 heavy (non-hydrogen) atoms. The van der Waals surface area contributed by atoms with E-state index in [0.717, 1.165) is 41.9 Å². The zero-order valence-corrected chi connectivity index (χ0v) is 12.0. The van der Waals surface area contributed by atoms with Gasteiger partial charge in [0.15, 0.2) is 0 Å².